The van der Waals surface area contributed by atoms with Gasteiger partial charge in [-0.15, -0.1) is 0 Å². The van der Waals surface area contributed by atoms with Gasteiger partial charge in [-0.2, -0.15) is 5.26 Å². The summed E-state index contributed by atoms with van der Waals surface area (Å²) < 4.78 is 11.3. The number of nitriles is 1. The molecule has 0 aromatic heterocycles. The quantitative estimate of drug-likeness (QED) is 0.490. The molecule has 158 valence electrons. The first-order valence-corrected chi connectivity index (χ1v) is 10.0. The smallest absolute Gasteiger partial charge is 0.271 e. The van der Waals surface area contributed by atoms with Crippen molar-refractivity contribution < 1.29 is 19.1 Å². The average molecular weight is 437 g/mol. The van der Waals surface area contributed by atoms with Crippen molar-refractivity contribution >= 4 is 29.5 Å². The van der Waals surface area contributed by atoms with E-state index in [-0.39, 0.29) is 12.1 Å². The molecular formula is C24H21ClN2O4. The van der Waals surface area contributed by atoms with Crippen molar-refractivity contribution in [2.75, 3.05) is 13.7 Å². The third kappa shape index (κ3) is 4.62. The van der Waals surface area contributed by atoms with E-state index in [1.807, 2.05) is 18.2 Å². The van der Waals surface area contributed by atoms with Crippen LogP contribution in [0.1, 0.15) is 25.0 Å². The first-order chi connectivity index (χ1) is 14.9. The molecule has 6 nitrogen and oxygen atoms in total. The fourth-order valence-corrected chi connectivity index (χ4v) is 3.34. The van der Waals surface area contributed by atoms with Gasteiger partial charge in [-0.3, -0.25) is 14.5 Å². The first kappa shape index (κ1) is 22.1. The van der Waals surface area contributed by atoms with Crippen LogP contribution < -0.4 is 9.47 Å². The number of benzene rings is 2. The Balaban J connectivity index is 1.91. The number of methoxy groups -OCH3 is 1. The highest BCUT2D eigenvalue weighted by atomic mass is 35.5. The summed E-state index contributed by atoms with van der Waals surface area (Å²) in [6, 6.07) is 14.5. The molecule has 7 heteroatoms. The van der Waals surface area contributed by atoms with E-state index >= 15 is 0 Å². The van der Waals surface area contributed by atoms with E-state index in [1.54, 1.807) is 50.3 Å². The molecule has 1 aliphatic rings. The number of carbonyl (C=O) groups is 2. The number of imide groups is 1. The van der Waals surface area contributed by atoms with Crippen LogP contribution in [-0.2, 0) is 16.2 Å². The highest BCUT2D eigenvalue weighted by Crippen LogP contribution is 2.32. The van der Waals surface area contributed by atoms with E-state index in [2.05, 4.69) is 0 Å². The van der Waals surface area contributed by atoms with Crippen LogP contribution in [0.3, 0.4) is 0 Å². The summed E-state index contributed by atoms with van der Waals surface area (Å²) >= 11 is 5.91. The van der Waals surface area contributed by atoms with E-state index in [1.165, 1.54) is 7.11 Å². The maximum atomic E-state index is 12.8. The molecule has 1 heterocycles. The zero-order valence-electron chi connectivity index (χ0n) is 17.4. The highest BCUT2D eigenvalue weighted by molar-refractivity contribution is 6.30. The molecule has 0 atom stereocenters. The van der Waals surface area contributed by atoms with Crippen molar-refractivity contribution in [1.82, 2.24) is 4.90 Å². The number of amides is 2. The summed E-state index contributed by atoms with van der Waals surface area (Å²) in [6.07, 6.45) is 1.65. The largest absolute Gasteiger partial charge is 0.493 e. The lowest BCUT2D eigenvalue weighted by atomic mass is 9.93. The molecule has 0 fully saturated rings. The second kappa shape index (κ2) is 9.50. The standard InChI is InChI=1S/C24H21ClN2O4/c1-4-27-23(28)19(15(2)20(13-26)24(27)29)11-17-7-10-21(22(12-17)30-3)31-14-16-5-8-18(25)9-6-16/h5-12H,4,14H2,1-3H3/b19-11+. The second-order valence-corrected chi connectivity index (χ2v) is 7.29. The molecule has 0 saturated carbocycles. The summed E-state index contributed by atoms with van der Waals surface area (Å²) in [7, 11) is 1.53. The minimum atomic E-state index is -0.562. The number of hydrogen-bond acceptors (Lipinski definition) is 5. The fraction of sp³-hybridized carbons (Fsp3) is 0.208. The number of likely N-dealkylation sites (N-methyl/N-ethyl adjacent to an activating group) is 1. The molecule has 1 aliphatic heterocycles. The van der Waals surface area contributed by atoms with Gasteiger partial charge in [0.25, 0.3) is 11.8 Å². The molecule has 0 radical (unpaired) electrons. The molecule has 31 heavy (non-hydrogen) atoms. The van der Waals surface area contributed by atoms with E-state index < -0.39 is 11.8 Å². The van der Waals surface area contributed by atoms with Gasteiger partial charge in [0.1, 0.15) is 18.2 Å². The van der Waals surface area contributed by atoms with E-state index in [0.29, 0.717) is 39.8 Å². The summed E-state index contributed by atoms with van der Waals surface area (Å²) in [4.78, 5) is 26.2. The molecule has 0 saturated heterocycles. The lowest BCUT2D eigenvalue weighted by Crippen LogP contribution is -2.42. The molecule has 3 rings (SSSR count). The Hall–Kier alpha value is -3.56. The summed E-state index contributed by atoms with van der Waals surface area (Å²) in [5.41, 5.74) is 2.28. The highest BCUT2D eigenvalue weighted by Gasteiger charge is 2.34. The maximum Gasteiger partial charge on any atom is 0.271 e. The minimum absolute atomic E-state index is 0.0254. The molecule has 0 N–H and O–H groups in total. The summed E-state index contributed by atoms with van der Waals surface area (Å²) in [5, 5.41) is 10.0. The van der Waals surface area contributed by atoms with Gasteiger partial charge in [0.15, 0.2) is 11.5 Å². The Morgan fingerprint density at radius 2 is 1.81 bits per heavy atom. The van der Waals surface area contributed by atoms with Crippen molar-refractivity contribution in [3.05, 3.63) is 75.3 Å². The number of ether oxygens (including phenoxy) is 2. The molecule has 0 spiro atoms. The number of carbonyl (C=O) groups excluding carboxylic acids is 2. The van der Waals surface area contributed by atoms with Crippen LogP contribution in [0.15, 0.2) is 59.2 Å². The van der Waals surface area contributed by atoms with Gasteiger partial charge < -0.3 is 9.47 Å². The van der Waals surface area contributed by atoms with Crippen molar-refractivity contribution in [3.8, 4) is 17.6 Å². The monoisotopic (exact) mass is 436 g/mol. The van der Waals surface area contributed by atoms with Crippen LogP contribution in [0.25, 0.3) is 6.08 Å². The summed E-state index contributed by atoms with van der Waals surface area (Å²) in [5.74, 6) is 0.0567. The Morgan fingerprint density at radius 1 is 1.10 bits per heavy atom. The van der Waals surface area contributed by atoms with Gasteiger partial charge >= 0.3 is 0 Å². The molecule has 2 amide bonds. The Morgan fingerprint density at radius 3 is 2.42 bits per heavy atom. The second-order valence-electron chi connectivity index (χ2n) is 6.85. The van der Waals surface area contributed by atoms with Gasteiger partial charge in [0, 0.05) is 17.1 Å². The van der Waals surface area contributed by atoms with Crippen LogP contribution in [0.4, 0.5) is 0 Å². The van der Waals surface area contributed by atoms with E-state index in [9.17, 15) is 14.9 Å². The molecular weight excluding hydrogens is 416 g/mol. The Bertz CT molecular complexity index is 1130. The predicted molar refractivity (Wildman–Crippen MR) is 117 cm³/mol. The predicted octanol–water partition coefficient (Wildman–Crippen LogP) is 4.54. The number of nitrogens with zero attached hydrogens (tertiary/aromatic N) is 2. The van der Waals surface area contributed by atoms with Crippen LogP contribution in [0, 0.1) is 11.3 Å². The molecule has 0 unspecified atom stereocenters. The minimum Gasteiger partial charge on any atom is -0.493 e. The van der Waals surface area contributed by atoms with Crippen LogP contribution in [-0.4, -0.2) is 30.4 Å². The normalized spacial score (nSPS) is 15.3. The zero-order chi connectivity index (χ0) is 22.5. The van der Waals surface area contributed by atoms with Gasteiger partial charge in [-0.25, -0.2) is 0 Å². The molecule has 0 aliphatic carbocycles. The van der Waals surface area contributed by atoms with Gasteiger partial charge in [-0.05, 0) is 60.9 Å². The topological polar surface area (TPSA) is 79.6 Å². The fourth-order valence-electron chi connectivity index (χ4n) is 3.22. The SMILES string of the molecule is CCN1C(=O)C(C#N)=C(C)/C(=C\c2ccc(OCc3ccc(Cl)cc3)c(OC)c2)C1=O. The van der Waals surface area contributed by atoms with Crippen molar-refractivity contribution in [2.24, 2.45) is 0 Å². The average Bonchev–Trinajstić information content (AvgIpc) is 2.77. The van der Waals surface area contributed by atoms with Gasteiger partial charge in [-0.1, -0.05) is 29.8 Å². The molecule has 0 bridgehead atoms. The van der Waals surface area contributed by atoms with Gasteiger partial charge in [0.2, 0.25) is 0 Å². The van der Waals surface area contributed by atoms with E-state index in [0.717, 1.165) is 10.5 Å². The van der Waals surface area contributed by atoms with Crippen LogP contribution in [0.2, 0.25) is 5.02 Å². The lowest BCUT2D eigenvalue weighted by Gasteiger charge is -2.26. The van der Waals surface area contributed by atoms with Crippen molar-refractivity contribution in [3.63, 3.8) is 0 Å². The lowest BCUT2D eigenvalue weighted by molar-refractivity contribution is -0.140. The number of halogens is 1. The third-order valence-corrected chi connectivity index (χ3v) is 5.20. The Labute approximate surface area is 185 Å². The van der Waals surface area contributed by atoms with Crippen LogP contribution in [0.5, 0.6) is 11.5 Å². The summed E-state index contributed by atoms with van der Waals surface area (Å²) in [6.45, 7) is 3.83. The maximum absolute atomic E-state index is 12.8. The van der Waals surface area contributed by atoms with Crippen LogP contribution >= 0.6 is 11.6 Å². The number of hydrogen-bond donors (Lipinski definition) is 0. The number of rotatable bonds is 6. The van der Waals surface area contributed by atoms with E-state index in [4.69, 9.17) is 21.1 Å². The molecule has 2 aromatic carbocycles. The Kier molecular flexibility index (Phi) is 6.78. The first-order valence-electron chi connectivity index (χ1n) is 9.64. The zero-order valence-corrected chi connectivity index (χ0v) is 18.2. The van der Waals surface area contributed by atoms with Gasteiger partial charge in [0.05, 0.1) is 7.11 Å². The third-order valence-electron chi connectivity index (χ3n) is 4.95. The van der Waals surface area contributed by atoms with Crippen molar-refractivity contribution in [2.45, 2.75) is 20.5 Å². The van der Waals surface area contributed by atoms with Crippen molar-refractivity contribution in [1.29, 1.82) is 5.26 Å². The molecule has 2 aromatic rings.